The van der Waals surface area contributed by atoms with Crippen LogP contribution in [0.5, 0.6) is 5.88 Å². The molecule has 3 aromatic carbocycles. The average Bonchev–Trinajstić information content (AvgIpc) is 3.08. The third kappa shape index (κ3) is 3.76. The smallest absolute Gasteiger partial charge is 0.297 e. The Kier molecular flexibility index (Phi) is 5.62. The van der Waals surface area contributed by atoms with E-state index in [2.05, 4.69) is 4.99 Å². The number of aliphatic imine (C=N–C) groups is 1. The van der Waals surface area contributed by atoms with Gasteiger partial charge in [0.25, 0.3) is 11.1 Å². The highest BCUT2D eigenvalue weighted by atomic mass is 35.5. The first-order chi connectivity index (χ1) is 16.9. The molecule has 2 heterocycles. The van der Waals surface area contributed by atoms with Gasteiger partial charge in [-0.1, -0.05) is 48.0 Å². The minimum absolute atomic E-state index is 0.240. The number of halogens is 1. The number of nitrogens with zero attached hydrogens (tertiary/aromatic N) is 4. The summed E-state index contributed by atoms with van der Waals surface area (Å²) in [4.78, 5) is 31.0. The van der Waals surface area contributed by atoms with Crippen LogP contribution in [-0.4, -0.2) is 25.3 Å². The molecule has 0 saturated carbocycles. The maximum atomic E-state index is 13.3. The Morgan fingerprint density at radius 1 is 0.829 bits per heavy atom. The van der Waals surface area contributed by atoms with Crippen molar-refractivity contribution in [2.45, 2.75) is 6.92 Å². The number of aromatic hydroxyl groups is 1. The molecule has 0 spiro atoms. The molecule has 0 aliphatic heterocycles. The van der Waals surface area contributed by atoms with Gasteiger partial charge < -0.3 is 5.11 Å². The molecule has 2 aromatic heterocycles. The van der Waals surface area contributed by atoms with E-state index in [0.29, 0.717) is 38.4 Å². The van der Waals surface area contributed by atoms with Gasteiger partial charge in [0, 0.05) is 29.1 Å². The van der Waals surface area contributed by atoms with Crippen LogP contribution >= 0.6 is 11.6 Å². The average molecular weight is 485 g/mol. The molecule has 0 amide bonds. The zero-order chi connectivity index (χ0) is 24.7. The van der Waals surface area contributed by atoms with Gasteiger partial charge in [-0.25, -0.2) is 14.2 Å². The van der Waals surface area contributed by atoms with Crippen LogP contribution in [0.2, 0.25) is 5.02 Å². The summed E-state index contributed by atoms with van der Waals surface area (Å²) in [7, 11) is 1.79. The minimum atomic E-state index is -0.375. The molecule has 5 aromatic rings. The van der Waals surface area contributed by atoms with Crippen molar-refractivity contribution in [2.24, 2.45) is 12.0 Å². The van der Waals surface area contributed by atoms with Crippen molar-refractivity contribution < 1.29 is 5.11 Å². The maximum absolute atomic E-state index is 13.3. The lowest BCUT2D eigenvalue weighted by molar-refractivity contribution is 0.436. The molecule has 1 N–H and O–H groups in total. The zero-order valence-electron chi connectivity index (χ0n) is 19.0. The van der Waals surface area contributed by atoms with Gasteiger partial charge in [0.05, 0.1) is 22.6 Å². The summed E-state index contributed by atoms with van der Waals surface area (Å²) in [5.74, 6) is -0.281. The lowest BCUT2D eigenvalue weighted by Crippen LogP contribution is -2.20. The van der Waals surface area contributed by atoms with Gasteiger partial charge in [-0.15, -0.1) is 0 Å². The molecular weight excluding hydrogens is 464 g/mol. The van der Waals surface area contributed by atoms with Crippen LogP contribution in [0.15, 0.2) is 93.4 Å². The Labute approximate surface area is 205 Å². The molecule has 0 unspecified atom stereocenters. The number of hydrogen-bond acceptors (Lipinski definition) is 4. The number of aromatic nitrogens is 3. The highest BCUT2D eigenvalue weighted by molar-refractivity contribution is 6.30. The summed E-state index contributed by atoms with van der Waals surface area (Å²) >= 11 is 6.01. The topological polar surface area (TPSA) is 81.5 Å². The monoisotopic (exact) mass is 484 g/mol. The lowest BCUT2D eigenvalue weighted by Gasteiger charge is -2.13. The normalized spacial score (nSPS) is 11.5. The van der Waals surface area contributed by atoms with Crippen LogP contribution in [0.25, 0.3) is 22.1 Å². The first-order valence-electron chi connectivity index (χ1n) is 10.9. The predicted octanol–water partition coefficient (Wildman–Crippen LogP) is 4.90. The number of pyridine rings is 1. The Morgan fingerprint density at radius 2 is 1.46 bits per heavy atom. The summed E-state index contributed by atoms with van der Waals surface area (Å²) in [6.45, 7) is 1.81. The van der Waals surface area contributed by atoms with Crippen LogP contribution in [0.4, 0.5) is 5.69 Å². The zero-order valence-corrected chi connectivity index (χ0v) is 19.8. The van der Waals surface area contributed by atoms with Crippen molar-refractivity contribution in [1.82, 2.24) is 13.9 Å². The fourth-order valence-electron chi connectivity index (χ4n) is 4.15. The number of benzene rings is 3. The van der Waals surface area contributed by atoms with E-state index in [9.17, 15) is 14.7 Å². The van der Waals surface area contributed by atoms with E-state index in [1.807, 2.05) is 30.3 Å². The molecule has 0 aliphatic carbocycles. The molecule has 5 rings (SSSR count). The van der Waals surface area contributed by atoms with E-state index in [1.165, 1.54) is 15.5 Å². The molecule has 0 fully saturated rings. The lowest BCUT2D eigenvalue weighted by atomic mass is 10.1. The van der Waals surface area contributed by atoms with E-state index in [4.69, 9.17) is 11.6 Å². The quantitative estimate of drug-likeness (QED) is 0.368. The third-order valence-electron chi connectivity index (χ3n) is 6.03. The summed E-state index contributed by atoms with van der Waals surface area (Å²) < 4.78 is 4.48. The molecule has 0 atom stereocenters. The van der Waals surface area contributed by atoms with Gasteiger partial charge in [-0.05, 0) is 49.4 Å². The summed E-state index contributed by atoms with van der Waals surface area (Å²) in [5, 5.41) is 12.6. The van der Waals surface area contributed by atoms with E-state index in [1.54, 1.807) is 67.2 Å². The molecule has 174 valence electrons. The van der Waals surface area contributed by atoms with Gasteiger partial charge in [0.1, 0.15) is 0 Å². The highest BCUT2D eigenvalue weighted by Crippen LogP contribution is 2.27. The predicted molar refractivity (Wildman–Crippen MR) is 139 cm³/mol. The number of hydrogen-bond donors (Lipinski definition) is 1. The molecule has 0 radical (unpaired) electrons. The molecule has 7 nitrogen and oxygen atoms in total. The Morgan fingerprint density at radius 3 is 2.14 bits per heavy atom. The molecule has 35 heavy (non-hydrogen) atoms. The maximum Gasteiger partial charge on any atom is 0.297 e. The summed E-state index contributed by atoms with van der Waals surface area (Å²) in [6.07, 6.45) is 1.43. The van der Waals surface area contributed by atoms with Crippen LogP contribution in [0.3, 0.4) is 0 Å². The number of fused-ring (bicyclic) bond motifs is 1. The first kappa shape index (κ1) is 22.4. The van der Waals surface area contributed by atoms with E-state index in [-0.39, 0.29) is 22.7 Å². The van der Waals surface area contributed by atoms with E-state index < -0.39 is 0 Å². The second-order valence-electron chi connectivity index (χ2n) is 8.07. The second kappa shape index (κ2) is 8.77. The van der Waals surface area contributed by atoms with E-state index in [0.717, 1.165) is 0 Å². The first-order valence-corrected chi connectivity index (χ1v) is 11.3. The minimum Gasteiger partial charge on any atom is -0.494 e. The van der Waals surface area contributed by atoms with Crippen LogP contribution in [0, 0.1) is 6.92 Å². The van der Waals surface area contributed by atoms with Crippen molar-refractivity contribution in [3.63, 3.8) is 0 Å². The van der Waals surface area contributed by atoms with Crippen molar-refractivity contribution in [3.05, 3.63) is 116 Å². The SMILES string of the molecule is Cc1c(N=Cc2c(O)n(-c3ccc(Cl)cc3)c(=O)c3ccccc23)c(=O)n(-c2ccccc2)n1C. The van der Waals surface area contributed by atoms with Gasteiger partial charge in [0.2, 0.25) is 5.88 Å². The number of para-hydroxylation sites is 1. The van der Waals surface area contributed by atoms with Crippen molar-refractivity contribution in [2.75, 3.05) is 0 Å². The van der Waals surface area contributed by atoms with Crippen LogP contribution in [-0.2, 0) is 7.05 Å². The second-order valence-corrected chi connectivity index (χ2v) is 8.50. The fraction of sp³-hybridized carbons (Fsp3) is 0.0741. The molecule has 0 aliphatic rings. The largest absolute Gasteiger partial charge is 0.494 e. The third-order valence-corrected chi connectivity index (χ3v) is 6.29. The van der Waals surface area contributed by atoms with Crippen LogP contribution in [0.1, 0.15) is 11.3 Å². The molecule has 0 bridgehead atoms. The Balaban J connectivity index is 1.72. The van der Waals surface area contributed by atoms with Crippen LogP contribution < -0.4 is 11.1 Å². The number of rotatable bonds is 4. The van der Waals surface area contributed by atoms with Gasteiger partial charge in [-0.3, -0.25) is 14.3 Å². The highest BCUT2D eigenvalue weighted by Gasteiger charge is 2.18. The van der Waals surface area contributed by atoms with Crippen molar-refractivity contribution in [3.8, 4) is 17.3 Å². The standard InChI is InChI=1S/C27H21ClN4O3/c1-17-24(27(35)32(30(17)2)20-8-4-3-5-9-20)29-16-23-21-10-6-7-11-22(21)25(33)31(26(23)34)19-14-12-18(28)13-15-19/h3-16,34H,1-2H3. The van der Waals surface area contributed by atoms with Gasteiger partial charge in [-0.2, -0.15) is 0 Å². The Bertz CT molecular complexity index is 1710. The van der Waals surface area contributed by atoms with Crippen molar-refractivity contribution >= 4 is 34.3 Å². The molecule has 8 heteroatoms. The van der Waals surface area contributed by atoms with Gasteiger partial charge >= 0.3 is 0 Å². The molecular formula is C27H21ClN4O3. The van der Waals surface area contributed by atoms with Gasteiger partial charge in [0.15, 0.2) is 5.69 Å². The Hall–Kier alpha value is -4.36. The van der Waals surface area contributed by atoms with Crippen molar-refractivity contribution in [1.29, 1.82) is 0 Å². The summed E-state index contributed by atoms with van der Waals surface area (Å²) in [6, 6.07) is 22.8. The van der Waals surface area contributed by atoms with E-state index >= 15 is 0 Å². The summed E-state index contributed by atoms with van der Waals surface area (Å²) in [5.41, 5.74) is 1.73. The molecule has 0 saturated heterocycles. The fourth-order valence-corrected chi connectivity index (χ4v) is 4.28.